The monoisotopic (exact) mass is 253 g/mol. The van der Waals surface area contributed by atoms with Crippen LogP contribution in [0.1, 0.15) is 51.9 Å². The van der Waals surface area contributed by atoms with Gasteiger partial charge in [-0.15, -0.1) is 0 Å². The number of hydrogen-bond acceptors (Lipinski definition) is 2. The minimum absolute atomic E-state index is 0.161. The minimum Gasteiger partial charge on any atom is -0.481 e. The first kappa shape index (κ1) is 13.4. The van der Waals surface area contributed by atoms with Crippen LogP contribution >= 0.6 is 0 Å². The lowest BCUT2D eigenvalue weighted by Crippen LogP contribution is -2.48. The predicted octanol–water partition coefficient (Wildman–Crippen LogP) is 2.28. The van der Waals surface area contributed by atoms with Crippen LogP contribution in [0.4, 0.5) is 0 Å². The Morgan fingerprint density at radius 1 is 1.28 bits per heavy atom. The number of piperidine rings is 1. The fourth-order valence-corrected chi connectivity index (χ4v) is 3.22. The van der Waals surface area contributed by atoms with Gasteiger partial charge in [0.25, 0.3) is 0 Å². The third kappa shape index (κ3) is 2.85. The van der Waals surface area contributed by atoms with Gasteiger partial charge in [-0.1, -0.05) is 12.8 Å². The molecule has 2 fully saturated rings. The summed E-state index contributed by atoms with van der Waals surface area (Å²) in [5.41, 5.74) is -0.746. The molecule has 1 unspecified atom stereocenters. The average molecular weight is 253 g/mol. The fraction of sp³-hybridized carbons (Fsp3) is 0.857. The van der Waals surface area contributed by atoms with Gasteiger partial charge < -0.3 is 10.0 Å². The number of aliphatic carboxylic acids is 1. The lowest BCUT2D eigenvalue weighted by molar-refractivity contribution is -0.153. The highest BCUT2D eigenvalue weighted by Crippen LogP contribution is 2.32. The summed E-state index contributed by atoms with van der Waals surface area (Å²) >= 11 is 0. The van der Waals surface area contributed by atoms with E-state index in [-0.39, 0.29) is 5.91 Å². The van der Waals surface area contributed by atoms with Gasteiger partial charge in [0.05, 0.1) is 5.41 Å². The third-order valence-electron chi connectivity index (χ3n) is 4.50. The molecule has 1 heterocycles. The van der Waals surface area contributed by atoms with E-state index in [1.54, 1.807) is 11.8 Å². The number of amides is 1. The van der Waals surface area contributed by atoms with Gasteiger partial charge in [0.2, 0.25) is 5.91 Å². The molecule has 1 aliphatic heterocycles. The van der Waals surface area contributed by atoms with Crippen molar-refractivity contribution in [3.8, 4) is 0 Å². The number of likely N-dealkylation sites (tertiary alicyclic amines) is 1. The van der Waals surface area contributed by atoms with Crippen molar-refractivity contribution in [1.29, 1.82) is 0 Å². The fourth-order valence-electron chi connectivity index (χ4n) is 3.22. The van der Waals surface area contributed by atoms with E-state index in [1.807, 2.05) is 0 Å². The maximum atomic E-state index is 12.2. The van der Waals surface area contributed by atoms with Crippen molar-refractivity contribution in [2.45, 2.75) is 51.9 Å². The molecule has 0 aromatic carbocycles. The highest BCUT2D eigenvalue weighted by atomic mass is 16.4. The Kier molecular flexibility index (Phi) is 3.93. The Balaban J connectivity index is 1.91. The summed E-state index contributed by atoms with van der Waals surface area (Å²) in [6, 6.07) is 0. The second-order valence-corrected chi connectivity index (χ2v) is 6.14. The van der Waals surface area contributed by atoms with Crippen LogP contribution < -0.4 is 0 Å². The minimum atomic E-state index is -0.777. The van der Waals surface area contributed by atoms with E-state index in [2.05, 4.69) is 0 Å². The maximum Gasteiger partial charge on any atom is 0.311 e. The van der Waals surface area contributed by atoms with E-state index in [0.29, 0.717) is 25.3 Å². The standard InChI is InChI=1S/C14H23NO3/c1-14(13(17)18)7-4-8-15(10-14)12(16)9-11-5-2-3-6-11/h11H,2-10H2,1H3,(H,17,18). The Morgan fingerprint density at radius 3 is 2.56 bits per heavy atom. The lowest BCUT2D eigenvalue weighted by Gasteiger charge is -2.38. The zero-order valence-corrected chi connectivity index (χ0v) is 11.2. The van der Waals surface area contributed by atoms with Crippen LogP contribution in [-0.4, -0.2) is 35.0 Å². The largest absolute Gasteiger partial charge is 0.481 e. The molecule has 0 bridgehead atoms. The molecule has 1 saturated carbocycles. The number of nitrogens with zero attached hydrogens (tertiary/aromatic N) is 1. The molecule has 0 radical (unpaired) electrons. The number of rotatable bonds is 3. The molecule has 0 aromatic rings. The van der Waals surface area contributed by atoms with Crippen molar-refractivity contribution in [3.63, 3.8) is 0 Å². The van der Waals surface area contributed by atoms with E-state index in [4.69, 9.17) is 0 Å². The number of carbonyl (C=O) groups is 2. The molecule has 1 N–H and O–H groups in total. The van der Waals surface area contributed by atoms with Crippen molar-refractivity contribution in [1.82, 2.24) is 4.90 Å². The summed E-state index contributed by atoms with van der Waals surface area (Å²) < 4.78 is 0. The highest BCUT2D eigenvalue weighted by Gasteiger charge is 2.39. The van der Waals surface area contributed by atoms with Gasteiger partial charge in [-0.2, -0.15) is 0 Å². The average Bonchev–Trinajstić information content (AvgIpc) is 2.81. The second-order valence-electron chi connectivity index (χ2n) is 6.14. The molecule has 18 heavy (non-hydrogen) atoms. The van der Waals surface area contributed by atoms with Gasteiger partial charge >= 0.3 is 5.97 Å². The number of hydrogen-bond donors (Lipinski definition) is 1. The van der Waals surface area contributed by atoms with Crippen LogP contribution in [0.25, 0.3) is 0 Å². The summed E-state index contributed by atoms with van der Waals surface area (Å²) in [5.74, 6) is -0.0783. The van der Waals surface area contributed by atoms with E-state index in [9.17, 15) is 14.7 Å². The van der Waals surface area contributed by atoms with Crippen molar-refractivity contribution >= 4 is 11.9 Å². The molecule has 1 saturated heterocycles. The van der Waals surface area contributed by atoms with Crippen molar-refractivity contribution < 1.29 is 14.7 Å². The number of carboxylic acids is 1. The Bertz CT molecular complexity index is 336. The van der Waals surface area contributed by atoms with Crippen molar-refractivity contribution in [2.75, 3.05) is 13.1 Å². The highest BCUT2D eigenvalue weighted by molar-refractivity contribution is 5.79. The van der Waals surface area contributed by atoms with Gasteiger partial charge in [0.15, 0.2) is 0 Å². The molecule has 2 rings (SSSR count). The molecule has 0 aromatic heterocycles. The quantitative estimate of drug-likeness (QED) is 0.839. The van der Waals surface area contributed by atoms with Gasteiger partial charge in [-0.05, 0) is 38.5 Å². The smallest absolute Gasteiger partial charge is 0.311 e. The first-order chi connectivity index (χ1) is 8.51. The second kappa shape index (κ2) is 5.29. The van der Waals surface area contributed by atoms with Crippen LogP contribution in [0.2, 0.25) is 0 Å². The van der Waals surface area contributed by atoms with Gasteiger partial charge in [-0.25, -0.2) is 0 Å². The molecule has 4 heteroatoms. The summed E-state index contributed by atoms with van der Waals surface area (Å²) in [5, 5.41) is 9.24. The lowest BCUT2D eigenvalue weighted by atomic mass is 9.82. The molecule has 1 aliphatic carbocycles. The van der Waals surface area contributed by atoms with Gasteiger partial charge in [-0.3, -0.25) is 9.59 Å². The molecule has 1 amide bonds. The Morgan fingerprint density at radius 2 is 1.94 bits per heavy atom. The zero-order chi connectivity index (χ0) is 13.2. The summed E-state index contributed by atoms with van der Waals surface area (Å²) in [4.78, 5) is 25.2. The van der Waals surface area contributed by atoms with Crippen LogP contribution in [0, 0.1) is 11.3 Å². The zero-order valence-electron chi connectivity index (χ0n) is 11.2. The van der Waals surface area contributed by atoms with E-state index in [0.717, 1.165) is 25.8 Å². The molecule has 0 spiro atoms. The summed E-state index contributed by atoms with van der Waals surface area (Å²) in [6.07, 6.45) is 6.91. The topological polar surface area (TPSA) is 57.6 Å². The number of carboxylic acid groups (broad SMARTS) is 1. The van der Waals surface area contributed by atoms with Crippen molar-refractivity contribution in [2.24, 2.45) is 11.3 Å². The molecular weight excluding hydrogens is 230 g/mol. The maximum absolute atomic E-state index is 12.2. The van der Waals surface area contributed by atoms with Gasteiger partial charge in [0.1, 0.15) is 0 Å². The van der Waals surface area contributed by atoms with Crippen LogP contribution in [0.3, 0.4) is 0 Å². The first-order valence-electron chi connectivity index (χ1n) is 7.02. The summed E-state index contributed by atoms with van der Waals surface area (Å²) in [7, 11) is 0. The Labute approximate surface area is 108 Å². The Hall–Kier alpha value is -1.06. The molecule has 102 valence electrons. The van der Waals surface area contributed by atoms with Crippen LogP contribution in [0.15, 0.2) is 0 Å². The molecule has 4 nitrogen and oxygen atoms in total. The molecular formula is C14H23NO3. The normalized spacial score (nSPS) is 29.5. The summed E-state index contributed by atoms with van der Waals surface area (Å²) in [6.45, 7) is 2.87. The first-order valence-corrected chi connectivity index (χ1v) is 7.02. The van der Waals surface area contributed by atoms with E-state index < -0.39 is 11.4 Å². The van der Waals surface area contributed by atoms with Crippen LogP contribution in [-0.2, 0) is 9.59 Å². The van der Waals surface area contributed by atoms with E-state index in [1.165, 1.54) is 12.8 Å². The van der Waals surface area contributed by atoms with Gasteiger partial charge in [0, 0.05) is 19.5 Å². The van der Waals surface area contributed by atoms with Crippen LogP contribution in [0.5, 0.6) is 0 Å². The predicted molar refractivity (Wildman–Crippen MR) is 68.1 cm³/mol. The SMILES string of the molecule is CC1(C(=O)O)CCCN(C(=O)CC2CCCC2)C1. The third-order valence-corrected chi connectivity index (χ3v) is 4.50. The number of carbonyl (C=O) groups excluding carboxylic acids is 1. The van der Waals surface area contributed by atoms with Crippen molar-refractivity contribution in [3.05, 3.63) is 0 Å². The molecule has 2 aliphatic rings. The molecule has 1 atom stereocenters. The van der Waals surface area contributed by atoms with E-state index >= 15 is 0 Å².